The van der Waals surface area contributed by atoms with E-state index in [0.29, 0.717) is 22.2 Å². The molecule has 20 heavy (non-hydrogen) atoms. The summed E-state index contributed by atoms with van der Waals surface area (Å²) in [4.78, 5) is 0. The lowest BCUT2D eigenvalue weighted by Crippen LogP contribution is -2.06. The number of nitrogens with one attached hydrogen (secondary N) is 1. The lowest BCUT2D eigenvalue weighted by atomic mass is 10.2. The van der Waals surface area contributed by atoms with Crippen LogP contribution in [0, 0.1) is 11.3 Å². The van der Waals surface area contributed by atoms with Gasteiger partial charge < -0.3 is 5.43 Å². The van der Waals surface area contributed by atoms with E-state index in [1.54, 1.807) is 36.5 Å². The van der Waals surface area contributed by atoms with Crippen molar-refractivity contribution in [3.05, 3.63) is 69.2 Å². The van der Waals surface area contributed by atoms with Crippen LogP contribution in [-0.4, -0.2) is 6.21 Å². The number of hydrogen-bond donors (Lipinski definition) is 1. The minimum atomic E-state index is 0.450. The molecule has 0 fully saturated rings. The van der Waals surface area contributed by atoms with Gasteiger partial charge >= 0.3 is 0 Å². The molecular formula is C15H11Cl2N3. The van der Waals surface area contributed by atoms with Crippen LogP contribution in [0.2, 0.25) is 10.0 Å². The minimum Gasteiger partial charge on any atom is -0.306 e. The second-order valence-electron chi connectivity index (χ2n) is 4.03. The molecule has 0 saturated heterocycles. The zero-order valence-corrected chi connectivity index (χ0v) is 12.0. The quantitative estimate of drug-likeness (QED) is 0.686. The van der Waals surface area contributed by atoms with Crippen molar-refractivity contribution in [3.8, 4) is 6.07 Å². The van der Waals surface area contributed by atoms with E-state index in [1.165, 1.54) is 0 Å². The number of nitriles is 1. The summed E-state index contributed by atoms with van der Waals surface area (Å²) in [6, 6.07) is 14.6. The van der Waals surface area contributed by atoms with Crippen molar-refractivity contribution in [2.75, 3.05) is 0 Å². The number of hydrazone groups is 1. The van der Waals surface area contributed by atoms with Crippen LogP contribution < -0.4 is 5.43 Å². The maximum atomic E-state index is 8.70. The lowest BCUT2D eigenvalue weighted by Gasteiger charge is -2.05. The van der Waals surface area contributed by atoms with Crippen LogP contribution in [0.4, 0.5) is 0 Å². The van der Waals surface area contributed by atoms with Gasteiger partial charge in [-0.1, -0.05) is 41.4 Å². The van der Waals surface area contributed by atoms with E-state index in [2.05, 4.69) is 16.6 Å². The predicted molar refractivity (Wildman–Crippen MR) is 82.1 cm³/mol. The van der Waals surface area contributed by atoms with Gasteiger partial charge in [-0.25, -0.2) is 0 Å². The molecule has 0 aliphatic rings. The third-order valence-electron chi connectivity index (χ3n) is 2.66. The van der Waals surface area contributed by atoms with E-state index in [9.17, 15) is 0 Å². The number of rotatable bonds is 4. The summed E-state index contributed by atoms with van der Waals surface area (Å²) < 4.78 is 0. The highest BCUT2D eigenvalue weighted by atomic mass is 35.5. The molecule has 5 heteroatoms. The Morgan fingerprint density at radius 1 is 1.10 bits per heavy atom. The van der Waals surface area contributed by atoms with Gasteiger partial charge in [0.15, 0.2) is 0 Å². The number of nitrogens with zero attached hydrogens (tertiary/aromatic N) is 2. The van der Waals surface area contributed by atoms with Crippen molar-refractivity contribution in [2.45, 2.75) is 6.54 Å². The van der Waals surface area contributed by atoms with E-state index < -0.39 is 0 Å². The molecule has 0 aromatic heterocycles. The van der Waals surface area contributed by atoms with E-state index in [-0.39, 0.29) is 0 Å². The Bertz CT molecular complexity index is 638. The van der Waals surface area contributed by atoms with Crippen molar-refractivity contribution in [1.82, 2.24) is 5.43 Å². The second-order valence-corrected chi connectivity index (χ2v) is 4.84. The Labute approximate surface area is 127 Å². The van der Waals surface area contributed by atoms with Crippen molar-refractivity contribution < 1.29 is 0 Å². The van der Waals surface area contributed by atoms with Gasteiger partial charge in [0.05, 0.1) is 24.4 Å². The van der Waals surface area contributed by atoms with Gasteiger partial charge in [0.25, 0.3) is 0 Å². The number of benzene rings is 2. The largest absolute Gasteiger partial charge is 0.306 e. The van der Waals surface area contributed by atoms with Gasteiger partial charge in [-0.05, 0) is 29.8 Å². The predicted octanol–water partition coefficient (Wildman–Crippen LogP) is 3.99. The molecular weight excluding hydrogens is 293 g/mol. The second kappa shape index (κ2) is 6.95. The molecule has 2 aromatic carbocycles. The standard InChI is InChI=1S/C15H11Cl2N3/c16-14-2-1-3-15(17)13(14)10-20-19-9-12-6-4-11(8-18)5-7-12/h1-7,9,20H,10H2/b19-9-. The average Bonchev–Trinajstić information content (AvgIpc) is 2.46. The van der Waals surface area contributed by atoms with Gasteiger partial charge in [-0.3, -0.25) is 0 Å². The normalized spacial score (nSPS) is 10.4. The number of halogens is 2. The smallest absolute Gasteiger partial charge is 0.0991 e. The summed E-state index contributed by atoms with van der Waals surface area (Å²) in [7, 11) is 0. The van der Waals surface area contributed by atoms with Gasteiger partial charge in [0, 0.05) is 15.6 Å². The highest BCUT2D eigenvalue weighted by Crippen LogP contribution is 2.23. The van der Waals surface area contributed by atoms with Crippen LogP contribution in [0.1, 0.15) is 16.7 Å². The SMILES string of the molecule is N#Cc1ccc(/C=N\NCc2c(Cl)cccc2Cl)cc1. The lowest BCUT2D eigenvalue weighted by molar-refractivity contribution is 0.748. The van der Waals surface area contributed by atoms with Crippen LogP contribution >= 0.6 is 23.2 Å². The molecule has 100 valence electrons. The van der Waals surface area contributed by atoms with Gasteiger partial charge in [-0.2, -0.15) is 10.4 Å². The summed E-state index contributed by atoms with van der Waals surface area (Å²) in [5.74, 6) is 0. The number of hydrogen-bond acceptors (Lipinski definition) is 3. The molecule has 0 aliphatic heterocycles. The van der Waals surface area contributed by atoms with Crippen molar-refractivity contribution in [2.24, 2.45) is 5.10 Å². The molecule has 0 unspecified atom stereocenters. The first-order valence-corrected chi connectivity index (χ1v) is 6.65. The van der Waals surface area contributed by atoms with Crippen LogP contribution in [0.3, 0.4) is 0 Å². The van der Waals surface area contributed by atoms with Crippen molar-refractivity contribution in [1.29, 1.82) is 5.26 Å². The maximum Gasteiger partial charge on any atom is 0.0991 e. The van der Waals surface area contributed by atoms with Gasteiger partial charge in [0.1, 0.15) is 0 Å². The Hall–Kier alpha value is -2.02. The minimum absolute atomic E-state index is 0.450. The molecule has 0 radical (unpaired) electrons. The first-order valence-electron chi connectivity index (χ1n) is 5.89. The third-order valence-corrected chi connectivity index (χ3v) is 3.37. The van der Waals surface area contributed by atoms with Crippen LogP contribution in [0.15, 0.2) is 47.6 Å². The van der Waals surface area contributed by atoms with Crippen molar-refractivity contribution in [3.63, 3.8) is 0 Å². The van der Waals surface area contributed by atoms with E-state index in [1.807, 2.05) is 12.1 Å². The fraction of sp³-hybridized carbons (Fsp3) is 0.0667. The fourth-order valence-corrected chi connectivity index (χ4v) is 2.12. The Balaban J connectivity index is 1.95. The molecule has 2 rings (SSSR count). The molecule has 0 atom stereocenters. The van der Waals surface area contributed by atoms with Crippen molar-refractivity contribution >= 4 is 29.4 Å². The topological polar surface area (TPSA) is 48.2 Å². The summed E-state index contributed by atoms with van der Waals surface area (Å²) >= 11 is 12.1. The van der Waals surface area contributed by atoms with Crippen LogP contribution in [0.5, 0.6) is 0 Å². The summed E-state index contributed by atoms with van der Waals surface area (Å²) in [6.45, 7) is 0.450. The van der Waals surface area contributed by atoms with Crippen LogP contribution in [0.25, 0.3) is 0 Å². The molecule has 0 bridgehead atoms. The molecule has 0 spiro atoms. The molecule has 0 heterocycles. The van der Waals surface area contributed by atoms with Gasteiger partial charge in [-0.15, -0.1) is 0 Å². The fourth-order valence-electron chi connectivity index (χ4n) is 1.59. The molecule has 0 saturated carbocycles. The molecule has 3 nitrogen and oxygen atoms in total. The third kappa shape index (κ3) is 3.74. The molecule has 1 N–H and O–H groups in total. The Kier molecular flexibility index (Phi) is 5.00. The van der Waals surface area contributed by atoms with E-state index in [4.69, 9.17) is 28.5 Å². The Morgan fingerprint density at radius 3 is 2.35 bits per heavy atom. The molecule has 0 aliphatic carbocycles. The summed E-state index contributed by atoms with van der Waals surface area (Å²) in [5, 5.41) is 14.0. The molecule has 2 aromatic rings. The molecule has 0 amide bonds. The zero-order valence-electron chi connectivity index (χ0n) is 10.5. The van der Waals surface area contributed by atoms with E-state index >= 15 is 0 Å². The average molecular weight is 304 g/mol. The Morgan fingerprint density at radius 2 is 1.75 bits per heavy atom. The monoisotopic (exact) mass is 303 g/mol. The zero-order chi connectivity index (χ0) is 14.4. The highest BCUT2D eigenvalue weighted by Gasteiger charge is 2.03. The maximum absolute atomic E-state index is 8.70. The first kappa shape index (κ1) is 14.4. The van der Waals surface area contributed by atoms with Gasteiger partial charge in [0.2, 0.25) is 0 Å². The summed E-state index contributed by atoms with van der Waals surface area (Å²) in [6.07, 6.45) is 1.67. The highest BCUT2D eigenvalue weighted by molar-refractivity contribution is 6.35. The van der Waals surface area contributed by atoms with Crippen LogP contribution in [-0.2, 0) is 6.54 Å². The van der Waals surface area contributed by atoms with E-state index in [0.717, 1.165) is 11.1 Å². The first-order chi connectivity index (χ1) is 9.70. The summed E-state index contributed by atoms with van der Waals surface area (Å²) in [5.41, 5.74) is 5.24.